The van der Waals surface area contributed by atoms with Crippen LogP contribution in [0.1, 0.15) is 31.8 Å². The van der Waals surface area contributed by atoms with Gasteiger partial charge in [-0.2, -0.15) is 0 Å². The molecule has 0 unspecified atom stereocenters. The van der Waals surface area contributed by atoms with Crippen LogP contribution < -0.4 is 22.5 Å². The van der Waals surface area contributed by atoms with E-state index in [0.717, 1.165) is 41.8 Å². The van der Waals surface area contributed by atoms with Crippen LogP contribution in [0.25, 0.3) is 0 Å². The third kappa shape index (κ3) is 12.2. The fourth-order valence-corrected chi connectivity index (χ4v) is 4.75. The highest BCUT2D eigenvalue weighted by Gasteiger charge is 2.15. The number of nitrogens with one attached hydrogen (secondary N) is 1. The van der Waals surface area contributed by atoms with Crippen LogP contribution in [-0.4, -0.2) is 39.9 Å². The Morgan fingerprint density at radius 2 is 1.15 bits per heavy atom. The number of carbonyl (C=O) groups excluding carboxylic acids is 1. The molecule has 0 bridgehead atoms. The molecule has 4 rings (SSSR count). The SMILES string of the molecule is NCCc1ccc(Cl)cc1Cl.Nc1cc([N+](=O)[O-])ccc1C(=O)NCCc1ccc(Cl)cc1Cl.Nc1cc([N+](=O)[O-])ccc1C(=O)O. The second kappa shape index (κ2) is 18.5. The maximum absolute atomic E-state index is 12.1. The van der Waals surface area contributed by atoms with Gasteiger partial charge < -0.3 is 27.6 Å². The summed E-state index contributed by atoms with van der Waals surface area (Å²) in [7, 11) is 0. The molecule has 0 fully saturated rings. The largest absolute Gasteiger partial charge is 0.478 e. The summed E-state index contributed by atoms with van der Waals surface area (Å²) in [6.07, 6.45) is 1.32. The minimum absolute atomic E-state index is 0.0567. The summed E-state index contributed by atoms with van der Waals surface area (Å²) >= 11 is 23.4. The molecule has 4 aromatic carbocycles. The number of nitro benzene ring substituents is 2. The Morgan fingerprint density at radius 3 is 1.53 bits per heavy atom. The monoisotopic (exact) mass is 724 g/mol. The Morgan fingerprint density at radius 1 is 0.702 bits per heavy atom. The number of hydrogen-bond donors (Lipinski definition) is 5. The molecule has 4 aromatic rings. The molecular weight excluding hydrogens is 698 g/mol. The normalized spacial score (nSPS) is 10.1. The molecule has 0 spiro atoms. The van der Waals surface area contributed by atoms with Gasteiger partial charge >= 0.3 is 5.97 Å². The highest BCUT2D eigenvalue weighted by molar-refractivity contribution is 6.35. The lowest BCUT2D eigenvalue weighted by Crippen LogP contribution is -2.26. The number of amides is 1. The van der Waals surface area contributed by atoms with Crippen LogP contribution in [0, 0.1) is 20.2 Å². The first-order valence-corrected chi connectivity index (χ1v) is 14.8. The Labute approximate surface area is 288 Å². The first kappa shape index (κ1) is 38.5. The van der Waals surface area contributed by atoms with E-state index in [1.54, 1.807) is 24.3 Å². The Balaban J connectivity index is 0.000000270. The van der Waals surface area contributed by atoms with Crippen molar-refractivity contribution in [1.29, 1.82) is 0 Å². The van der Waals surface area contributed by atoms with Crippen molar-refractivity contribution in [2.45, 2.75) is 12.8 Å². The number of carboxylic acids is 1. The van der Waals surface area contributed by atoms with Crippen molar-refractivity contribution in [1.82, 2.24) is 5.32 Å². The van der Waals surface area contributed by atoms with E-state index in [2.05, 4.69) is 5.32 Å². The molecule has 0 aliphatic rings. The van der Waals surface area contributed by atoms with Crippen molar-refractivity contribution >= 4 is 81.0 Å². The smallest absolute Gasteiger partial charge is 0.337 e. The molecule has 0 aliphatic carbocycles. The number of nitrogens with two attached hydrogens (primary N) is 3. The van der Waals surface area contributed by atoms with Gasteiger partial charge in [0.25, 0.3) is 17.3 Å². The quantitative estimate of drug-likeness (QED) is 0.0686. The zero-order valence-electron chi connectivity index (χ0n) is 24.3. The number of hydrogen-bond acceptors (Lipinski definition) is 9. The van der Waals surface area contributed by atoms with E-state index in [9.17, 15) is 29.8 Å². The van der Waals surface area contributed by atoms with Gasteiger partial charge in [-0.3, -0.25) is 25.0 Å². The average Bonchev–Trinajstić information content (AvgIpc) is 3.00. The fraction of sp³-hybridized carbons (Fsp3) is 0.133. The van der Waals surface area contributed by atoms with Crippen LogP contribution >= 0.6 is 46.4 Å². The lowest BCUT2D eigenvalue weighted by molar-refractivity contribution is -0.385. The van der Waals surface area contributed by atoms with Gasteiger partial charge in [-0.05, 0) is 66.9 Å². The van der Waals surface area contributed by atoms with E-state index in [1.807, 2.05) is 12.1 Å². The number of anilines is 2. The van der Waals surface area contributed by atoms with E-state index < -0.39 is 21.7 Å². The predicted octanol–water partition coefficient (Wildman–Crippen LogP) is 6.83. The summed E-state index contributed by atoms with van der Waals surface area (Å²) in [6.45, 7) is 0.956. The molecule has 248 valence electrons. The van der Waals surface area contributed by atoms with Crippen molar-refractivity contribution in [2.24, 2.45) is 5.73 Å². The lowest BCUT2D eigenvalue weighted by Gasteiger charge is -2.08. The van der Waals surface area contributed by atoms with Gasteiger partial charge in [0.1, 0.15) is 0 Å². The van der Waals surface area contributed by atoms with E-state index in [4.69, 9.17) is 68.7 Å². The first-order valence-electron chi connectivity index (χ1n) is 13.3. The summed E-state index contributed by atoms with van der Waals surface area (Å²) in [5, 5.41) is 34.6. The molecule has 0 aliphatic heterocycles. The van der Waals surface area contributed by atoms with E-state index in [0.29, 0.717) is 39.6 Å². The topological polar surface area (TPSA) is 231 Å². The van der Waals surface area contributed by atoms with E-state index in [-0.39, 0.29) is 33.9 Å². The second-order valence-corrected chi connectivity index (χ2v) is 11.1. The zero-order valence-corrected chi connectivity index (χ0v) is 27.3. The number of carboxylic acid groups (broad SMARTS) is 1. The zero-order chi connectivity index (χ0) is 35.3. The number of non-ortho nitro benzene ring substituents is 2. The molecule has 0 atom stereocenters. The molecule has 0 aromatic heterocycles. The van der Waals surface area contributed by atoms with Crippen molar-refractivity contribution in [3.05, 3.63) is 135 Å². The van der Waals surface area contributed by atoms with Gasteiger partial charge in [0.2, 0.25) is 0 Å². The highest BCUT2D eigenvalue weighted by atomic mass is 35.5. The van der Waals surface area contributed by atoms with Crippen LogP contribution in [0.3, 0.4) is 0 Å². The summed E-state index contributed by atoms with van der Waals surface area (Å²) in [6, 6.07) is 17.5. The number of halogens is 4. The number of nitro groups is 2. The number of aromatic carboxylic acids is 1. The maximum Gasteiger partial charge on any atom is 0.337 e. The predicted molar refractivity (Wildman–Crippen MR) is 184 cm³/mol. The third-order valence-corrected chi connectivity index (χ3v) is 7.26. The Bertz CT molecular complexity index is 1780. The van der Waals surface area contributed by atoms with Crippen molar-refractivity contribution in [2.75, 3.05) is 24.6 Å². The minimum Gasteiger partial charge on any atom is -0.478 e. The van der Waals surface area contributed by atoms with Crippen LogP contribution in [-0.2, 0) is 12.8 Å². The molecule has 8 N–H and O–H groups in total. The number of benzene rings is 4. The van der Waals surface area contributed by atoms with E-state index in [1.165, 1.54) is 12.1 Å². The van der Waals surface area contributed by atoms with Gasteiger partial charge in [-0.1, -0.05) is 58.5 Å². The number of rotatable bonds is 9. The molecule has 1 amide bonds. The molecule has 0 saturated carbocycles. The van der Waals surface area contributed by atoms with Crippen LogP contribution in [0.2, 0.25) is 20.1 Å². The second-order valence-electron chi connectivity index (χ2n) is 9.38. The van der Waals surface area contributed by atoms with Crippen molar-refractivity contribution in [3.8, 4) is 0 Å². The summed E-state index contributed by atoms with van der Waals surface area (Å²) in [5.74, 6) is -1.60. The van der Waals surface area contributed by atoms with Gasteiger partial charge in [-0.15, -0.1) is 0 Å². The standard InChI is InChI=1S/C15H13Cl2N3O3.C8H9Cl2N.C7H6N2O4/c16-10-2-1-9(13(17)7-10)5-6-19-15(21)12-4-3-11(20(22)23)8-14(12)18;9-7-2-1-6(3-4-11)8(10)5-7;8-6-3-4(9(12)13)1-2-5(6)7(10)11/h1-4,7-8H,5-6,18H2,(H,19,21);1-2,5H,3-4,11H2;1-3H,8H2,(H,10,11). The molecule has 0 heterocycles. The molecular formula is C30H28Cl4N6O7. The average molecular weight is 726 g/mol. The van der Waals surface area contributed by atoms with E-state index >= 15 is 0 Å². The fourth-order valence-electron chi connectivity index (χ4n) is 3.74. The summed E-state index contributed by atoms with van der Waals surface area (Å²) in [4.78, 5) is 42.2. The molecule has 0 saturated heterocycles. The number of carbonyl (C=O) groups is 2. The van der Waals surface area contributed by atoms with Crippen molar-refractivity contribution < 1.29 is 24.5 Å². The van der Waals surface area contributed by atoms with Gasteiger partial charge in [-0.25, -0.2) is 4.79 Å². The van der Waals surface area contributed by atoms with Crippen LogP contribution in [0.4, 0.5) is 22.7 Å². The van der Waals surface area contributed by atoms with Gasteiger partial charge in [0.05, 0.1) is 32.3 Å². The summed E-state index contributed by atoms with van der Waals surface area (Å²) in [5.41, 5.74) is 17.9. The molecule has 17 heteroatoms. The first-order chi connectivity index (χ1) is 22.1. The summed E-state index contributed by atoms with van der Waals surface area (Å²) < 4.78 is 0. The number of nitrogen functional groups attached to an aromatic ring is 2. The minimum atomic E-state index is -1.20. The molecule has 13 nitrogen and oxygen atoms in total. The molecule has 47 heavy (non-hydrogen) atoms. The Kier molecular flexibility index (Phi) is 15.1. The Hall–Kier alpha value is -4.66. The molecule has 0 radical (unpaired) electrons. The maximum atomic E-state index is 12.1. The van der Waals surface area contributed by atoms with Crippen LogP contribution in [0.5, 0.6) is 0 Å². The van der Waals surface area contributed by atoms with Gasteiger partial charge in [0.15, 0.2) is 0 Å². The van der Waals surface area contributed by atoms with Crippen molar-refractivity contribution in [3.63, 3.8) is 0 Å². The lowest BCUT2D eigenvalue weighted by atomic mass is 10.1. The van der Waals surface area contributed by atoms with Crippen LogP contribution in [0.15, 0.2) is 72.8 Å². The number of nitrogens with zero attached hydrogens (tertiary/aromatic N) is 2. The van der Waals surface area contributed by atoms with Gasteiger partial charge in [0, 0.05) is 50.9 Å². The third-order valence-electron chi connectivity index (χ3n) is 6.09. The highest BCUT2D eigenvalue weighted by Crippen LogP contribution is 2.23.